The van der Waals surface area contributed by atoms with Crippen LogP contribution < -0.4 is 27.0 Å². The maximum atomic E-state index is 13.9. The number of hydrogen-bond acceptors (Lipinski definition) is 8. The molecule has 5 rings (SSSR count). The van der Waals surface area contributed by atoms with Gasteiger partial charge in [-0.2, -0.15) is 0 Å². The van der Waals surface area contributed by atoms with Crippen molar-refractivity contribution in [3.05, 3.63) is 82.5 Å². The molecule has 242 valence electrons. The number of nitrogens with two attached hydrogens (primary N) is 1. The Morgan fingerprint density at radius 3 is 2.09 bits per heavy atom. The lowest BCUT2D eigenvalue weighted by Gasteiger charge is -2.49. The number of nitrogens with zero attached hydrogens (tertiary/aromatic N) is 1. The maximum Gasteiger partial charge on any atom is 0.353 e. The first kappa shape index (κ1) is 32.6. The summed E-state index contributed by atoms with van der Waals surface area (Å²) >= 11 is 6.07. The van der Waals surface area contributed by atoms with Gasteiger partial charge in [0.1, 0.15) is 35.9 Å². The van der Waals surface area contributed by atoms with Gasteiger partial charge in [-0.3, -0.25) is 34.2 Å². The van der Waals surface area contributed by atoms with E-state index in [2.05, 4.69) is 21.3 Å². The molecule has 1 unspecified atom stereocenters. The number of hydrogen-bond donors (Lipinski definition) is 7. The Morgan fingerprint density at radius 1 is 0.870 bits per heavy atom. The average molecular weight is 653 g/mol. The number of carbonyl (C=O) groups is 6. The molecule has 3 aliphatic rings. The second kappa shape index (κ2) is 13.7. The number of β-lactam (4-membered cyclic amide) rings is 1. The van der Waals surface area contributed by atoms with E-state index in [1.165, 1.54) is 0 Å². The zero-order valence-electron chi connectivity index (χ0n) is 24.4. The van der Waals surface area contributed by atoms with Crippen LogP contribution in [0, 0.1) is 0 Å². The number of rotatable bonds is 11. The number of halogens is 1. The van der Waals surface area contributed by atoms with Crippen molar-refractivity contribution in [1.29, 1.82) is 0 Å². The molecule has 0 radical (unpaired) electrons. The van der Waals surface area contributed by atoms with E-state index in [1.807, 2.05) is 0 Å². The molecular formula is C31H33ClN6O8. The van der Waals surface area contributed by atoms with Crippen LogP contribution in [0.1, 0.15) is 48.9 Å². The van der Waals surface area contributed by atoms with Crippen LogP contribution in [0.2, 0.25) is 0 Å². The van der Waals surface area contributed by atoms with Gasteiger partial charge in [-0.05, 0) is 36.8 Å². The highest BCUT2D eigenvalue weighted by molar-refractivity contribution is 6.32. The summed E-state index contributed by atoms with van der Waals surface area (Å²) in [5.74, 6) is -5.34. The predicted molar refractivity (Wildman–Crippen MR) is 163 cm³/mol. The minimum Gasteiger partial charge on any atom is -0.480 e. The molecule has 0 aromatic heterocycles. The molecule has 8 N–H and O–H groups in total. The highest BCUT2D eigenvalue weighted by Crippen LogP contribution is 2.38. The number of carboxylic acids is 2. The first-order valence-electron chi connectivity index (χ1n) is 14.7. The van der Waals surface area contributed by atoms with Gasteiger partial charge >= 0.3 is 11.9 Å². The van der Waals surface area contributed by atoms with Crippen molar-refractivity contribution >= 4 is 47.2 Å². The fraction of sp³-hybridized carbons (Fsp3) is 0.355. The Kier molecular flexibility index (Phi) is 9.70. The van der Waals surface area contributed by atoms with E-state index in [-0.39, 0.29) is 30.0 Å². The Bertz CT molecular complexity index is 1570. The second-order valence-corrected chi connectivity index (χ2v) is 11.8. The molecule has 15 heteroatoms. The molecule has 3 aliphatic heterocycles. The van der Waals surface area contributed by atoms with Crippen molar-refractivity contribution in [3.8, 4) is 0 Å². The van der Waals surface area contributed by atoms with Crippen LogP contribution in [0.25, 0.3) is 0 Å². The first-order chi connectivity index (χ1) is 22.0. The number of benzene rings is 2. The normalized spacial score (nSPS) is 24.1. The van der Waals surface area contributed by atoms with Crippen molar-refractivity contribution in [3.63, 3.8) is 0 Å². The molecule has 0 saturated carbocycles. The zero-order chi connectivity index (χ0) is 33.1. The third kappa shape index (κ3) is 6.59. The van der Waals surface area contributed by atoms with Crippen molar-refractivity contribution in [2.45, 2.75) is 68.0 Å². The number of fused-ring (bicyclic) bond motifs is 1. The number of carboxylic acid groups (broad SMARTS) is 2. The van der Waals surface area contributed by atoms with E-state index >= 15 is 0 Å². The fourth-order valence-corrected chi connectivity index (χ4v) is 6.35. The first-order valence-corrected chi connectivity index (χ1v) is 15.1. The Labute approximate surface area is 268 Å². The molecule has 4 amide bonds. The third-order valence-corrected chi connectivity index (χ3v) is 8.83. The molecule has 3 heterocycles. The van der Waals surface area contributed by atoms with Crippen molar-refractivity contribution < 1.29 is 39.0 Å². The summed E-state index contributed by atoms with van der Waals surface area (Å²) < 4.78 is 0. The fourth-order valence-electron chi connectivity index (χ4n) is 6.06. The third-order valence-electron chi connectivity index (χ3n) is 8.46. The quantitative estimate of drug-likeness (QED) is 0.164. The van der Waals surface area contributed by atoms with Crippen LogP contribution in [0.4, 0.5) is 0 Å². The number of nitrogens with one attached hydrogen (secondary N) is 4. The van der Waals surface area contributed by atoms with Crippen LogP contribution in [-0.2, 0) is 28.8 Å². The molecule has 2 fully saturated rings. The van der Waals surface area contributed by atoms with E-state index < -0.39 is 77.9 Å². The average Bonchev–Trinajstić information content (AvgIpc) is 3.55. The van der Waals surface area contributed by atoms with Gasteiger partial charge in [0.2, 0.25) is 17.7 Å². The summed E-state index contributed by atoms with van der Waals surface area (Å²) in [6.07, 6.45) is 0.962. The van der Waals surface area contributed by atoms with Crippen LogP contribution in [-0.4, -0.2) is 80.9 Å². The number of allylic oxidation sites excluding steroid dienone is 1. The highest BCUT2D eigenvalue weighted by atomic mass is 35.5. The van der Waals surface area contributed by atoms with Gasteiger partial charge in [0.25, 0.3) is 5.91 Å². The number of amides is 4. The molecule has 7 atom stereocenters. The number of carbonyl (C=O) groups excluding carboxylic acids is 4. The van der Waals surface area contributed by atoms with Gasteiger partial charge in [-0.15, -0.1) is 0 Å². The van der Waals surface area contributed by atoms with E-state index in [0.29, 0.717) is 17.5 Å². The van der Waals surface area contributed by atoms with Gasteiger partial charge in [0, 0.05) is 11.1 Å². The molecule has 0 bridgehead atoms. The second-order valence-electron chi connectivity index (χ2n) is 11.3. The van der Waals surface area contributed by atoms with Crippen molar-refractivity contribution in [1.82, 2.24) is 26.2 Å². The van der Waals surface area contributed by atoms with Gasteiger partial charge in [-0.25, -0.2) is 4.79 Å². The van der Waals surface area contributed by atoms with E-state index in [9.17, 15) is 39.0 Å². The van der Waals surface area contributed by atoms with Gasteiger partial charge < -0.3 is 31.9 Å². The van der Waals surface area contributed by atoms with E-state index in [0.717, 1.165) is 4.90 Å². The molecular weight excluding hydrogens is 620 g/mol. The number of aliphatic carboxylic acids is 2. The van der Waals surface area contributed by atoms with Crippen molar-refractivity contribution in [2.24, 2.45) is 5.73 Å². The standard InChI is InChI=1S/C31H33ClN6O8/c32-17-11-14-20-24(29(42)38(20)25(17)31(45)46)37-27(40)22(16-9-5-2-6-10-16)35-28(41)23(18-12-13-19(34-18)30(43)44)36-26(39)21(33)15-7-3-1-4-8-15/h1-10,18-24,34H,11-14,33H2,(H,35,41)(H,36,39)(H,37,40)(H,43,44)(H,45,46)/t18-,19?,20-,21-,22-,23+,24+/m1/s1. The van der Waals surface area contributed by atoms with Crippen LogP contribution in [0.3, 0.4) is 0 Å². The maximum absolute atomic E-state index is 13.9. The highest BCUT2D eigenvalue weighted by Gasteiger charge is 2.54. The lowest BCUT2D eigenvalue weighted by Crippen LogP contribution is -2.72. The molecule has 46 heavy (non-hydrogen) atoms. The Balaban J connectivity index is 1.37. The van der Waals surface area contributed by atoms with E-state index in [4.69, 9.17) is 17.3 Å². The minimum absolute atomic E-state index is 0.0435. The molecule has 0 spiro atoms. The Hall–Kier alpha value is -4.79. The van der Waals surface area contributed by atoms with Crippen LogP contribution >= 0.6 is 11.6 Å². The van der Waals surface area contributed by atoms with Gasteiger partial charge in [0.05, 0.1) is 6.04 Å². The van der Waals surface area contributed by atoms with Gasteiger partial charge in [0.15, 0.2) is 0 Å². The van der Waals surface area contributed by atoms with Gasteiger partial charge in [-0.1, -0.05) is 72.3 Å². The van der Waals surface area contributed by atoms with E-state index in [1.54, 1.807) is 60.7 Å². The topological polar surface area (TPSA) is 220 Å². The lowest BCUT2D eigenvalue weighted by molar-refractivity contribution is -0.156. The lowest BCUT2D eigenvalue weighted by atomic mass is 9.86. The molecule has 0 aliphatic carbocycles. The summed E-state index contributed by atoms with van der Waals surface area (Å²) in [5.41, 5.74) is 6.71. The Morgan fingerprint density at radius 2 is 1.50 bits per heavy atom. The molecule has 2 aromatic rings. The molecule has 14 nitrogen and oxygen atoms in total. The largest absolute Gasteiger partial charge is 0.480 e. The summed E-state index contributed by atoms with van der Waals surface area (Å²) in [4.78, 5) is 78.3. The molecule has 2 saturated heterocycles. The zero-order valence-corrected chi connectivity index (χ0v) is 25.1. The SMILES string of the molecule is N[C@@H](C(=O)N[C@H](C(=O)N[C@@H](C(=O)N[C@@H]1C(=O)N2C(C(=O)O)=C(Cl)CC[C@H]12)c1ccccc1)[C@H]1CCC(C(=O)O)N1)c1ccccc1. The van der Waals surface area contributed by atoms with Crippen molar-refractivity contribution in [2.75, 3.05) is 0 Å². The summed E-state index contributed by atoms with van der Waals surface area (Å²) in [6.45, 7) is 0. The van der Waals surface area contributed by atoms with Crippen LogP contribution in [0.15, 0.2) is 71.4 Å². The smallest absolute Gasteiger partial charge is 0.353 e. The monoisotopic (exact) mass is 652 g/mol. The summed E-state index contributed by atoms with van der Waals surface area (Å²) in [5, 5.41) is 30.0. The predicted octanol–water partition coefficient (Wildman–Crippen LogP) is 0.258. The molecule has 2 aromatic carbocycles. The summed E-state index contributed by atoms with van der Waals surface area (Å²) in [6, 6.07) is 9.44. The minimum atomic E-state index is -1.35. The van der Waals surface area contributed by atoms with Crippen LogP contribution in [0.5, 0.6) is 0 Å². The summed E-state index contributed by atoms with van der Waals surface area (Å²) in [7, 11) is 0.